The van der Waals surface area contributed by atoms with Crippen molar-refractivity contribution in [1.82, 2.24) is 9.80 Å². The highest BCUT2D eigenvalue weighted by Crippen LogP contribution is 2.03. The third-order valence-corrected chi connectivity index (χ3v) is 2.44. The summed E-state index contributed by atoms with van der Waals surface area (Å²) in [6.07, 6.45) is 0.601. The van der Waals surface area contributed by atoms with Crippen LogP contribution in [-0.2, 0) is 0 Å². The van der Waals surface area contributed by atoms with Crippen molar-refractivity contribution in [2.75, 3.05) is 27.7 Å². The molecule has 3 nitrogen and oxygen atoms in total. The van der Waals surface area contributed by atoms with Gasteiger partial charge in [0.2, 0.25) is 0 Å². The lowest BCUT2D eigenvalue weighted by Gasteiger charge is -2.29. The lowest BCUT2D eigenvalue weighted by Crippen LogP contribution is -2.41. The van der Waals surface area contributed by atoms with Gasteiger partial charge in [-0.3, -0.25) is 0 Å². The van der Waals surface area contributed by atoms with Gasteiger partial charge >= 0.3 is 0 Å². The minimum atomic E-state index is 0.345. The van der Waals surface area contributed by atoms with Crippen LogP contribution >= 0.6 is 0 Å². The summed E-state index contributed by atoms with van der Waals surface area (Å²) in [6.45, 7) is 9.29. The first-order valence-electron chi connectivity index (χ1n) is 5.72. The van der Waals surface area contributed by atoms with Crippen LogP contribution in [0.2, 0.25) is 0 Å². The summed E-state index contributed by atoms with van der Waals surface area (Å²) in [5.74, 6) is 0. The zero-order valence-corrected chi connectivity index (χ0v) is 11.4. The molecule has 1 unspecified atom stereocenters. The molecule has 0 fully saturated rings. The molecule has 0 N–H and O–H groups in total. The van der Waals surface area contributed by atoms with E-state index in [1.807, 2.05) is 27.9 Å². The molecule has 0 saturated carbocycles. The Bertz CT molecular complexity index is 170. The summed E-state index contributed by atoms with van der Waals surface area (Å²) in [4.78, 5) is 4.38. The largest absolute Gasteiger partial charge is 0.304 e. The van der Waals surface area contributed by atoms with Crippen LogP contribution in [0.1, 0.15) is 34.1 Å². The fourth-order valence-electron chi connectivity index (χ4n) is 1.06. The highest BCUT2D eigenvalue weighted by Gasteiger charge is 2.14. The highest BCUT2D eigenvalue weighted by atomic mass is 15.2. The third kappa shape index (κ3) is 8.41. The molecular formula is C12H27N3. The van der Waals surface area contributed by atoms with Crippen LogP contribution in [0.3, 0.4) is 0 Å². The topological polar surface area (TPSA) is 30.3 Å². The van der Waals surface area contributed by atoms with Crippen LogP contribution in [0.25, 0.3) is 0 Å². The first kappa shape index (κ1) is 16.8. The fraction of sp³-hybridized carbons (Fsp3) is 0.917. The van der Waals surface area contributed by atoms with Crippen molar-refractivity contribution >= 4 is 0 Å². The molecule has 0 aromatic heterocycles. The molecule has 0 bridgehead atoms. The second-order valence-corrected chi connectivity index (χ2v) is 4.01. The van der Waals surface area contributed by atoms with E-state index < -0.39 is 0 Å². The van der Waals surface area contributed by atoms with E-state index in [9.17, 15) is 0 Å². The Morgan fingerprint density at radius 3 is 1.87 bits per heavy atom. The molecule has 90 valence electrons. The van der Waals surface area contributed by atoms with Crippen molar-refractivity contribution in [1.29, 1.82) is 5.26 Å². The van der Waals surface area contributed by atoms with E-state index in [1.165, 1.54) is 0 Å². The summed E-state index contributed by atoms with van der Waals surface area (Å²) in [5.41, 5.74) is 0. The second-order valence-electron chi connectivity index (χ2n) is 4.01. The molecule has 0 aromatic rings. The number of likely N-dealkylation sites (N-methyl/N-ethyl adjacent to an activating group) is 2. The van der Waals surface area contributed by atoms with Crippen molar-refractivity contribution in [3.8, 4) is 6.07 Å². The molecule has 0 aliphatic carbocycles. The predicted octanol–water partition coefficient (Wildman–Crippen LogP) is 2.20. The Morgan fingerprint density at radius 1 is 1.13 bits per heavy atom. The molecule has 0 radical (unpaired) electrons. The van der Waals surface area contributed by atoms with Gasteiger partial charge < -0.3 is 9.80 Å². The minimum Gasteiger partial charge on any atom is -0.304 e. The van der Waals surface area contributed by atoms with Gasteiger partial charge in [0, 0.05) is 18.6 Å². The number of hydrogen-bond donors (Lipinski definition) is 0. The van der Waals surface area contributed by atoms with Crippen molar-refractivity contribution in [3.05, 3.63) is 0 Å². The zero-order chi connectivity index (χ0) is 12.4. The van der Waals surface area contributed by atoms with E-state index in [0.29, 0.717) is 18.5 Å². The first-order valence-corrected chi connectivity index (χ1v) is 5.72. The predicted molar refractivity (Wildman–Crippen MR) is 66.8 cm³/mol. The summed E-state index contributed by atoms with van der Waals surface area (Å²) >= 11 is 0. The van der Waals surface area contributed by atoms with Gasteiger partial charge in [-0.1, -0.05) is 13.8 Å². The second kappa shape index (κ2) is 9.95. The highest BCUT2D eigenvalue weighted by molar-refractivity contribution is 4.82. The summed E-state index contributed by atoms with van der Waals surface area (Å²) in [5, 5.41) is 8.64. The average molecular weight is 213 g/mol. The quantitative estimate of drug-likeness (QED) is 0.701. The van der Waals surface area contributed by atoms with E-state index in [0.717, 1.165) is 6.54 Å². The lowest BCUT2D eigenvalue weighted by molar-refractivity contribution is 0.184. The maximum absolute atomic E-state index is 8.64. The van der Waals surface area contributed by atoms with Crippen molar-refractivity contribution < 1.29 is 0 Å². The smallest absolute Gasteiger partial charge is 0.0638 e. The molecule has 0 heterocycles. The Morgan fingerprint density at radius 2 is 1.60 bits per heavy atom. The van der Waals surface area contributed by atoms with Gasteiger partial charge in [0.15, 0.2) is 0 Å². The van der Waals surface area contributed by atoms with Gasteiger partial charge in [-0.2, -0.15) is 5.26 Å². The number of nitriles is 1. The fourth-order valence-corrected chi connectivity index (χ4v) is 1.06. The molecule has 0 amide bonds. The molecule has 0 aliphatic rings. The van der Waals surface area contributed by atoms with Gasteiger partial charge in [0.25, 0.3) is 0 Å². The molecule has 0 aromatic carbocycles. The van der Waals surface area contributed by atoms with E-state index in [4.69, 9.17) is 5.26 Å². The van der Waals surface area contributed by atoms with E-state index in [-0.39, 0.29) is 0 Å². The molecule has 0 saturated heterocycles. The lowest BCUT2D eigenvalue weighted by atomic mass is 10.2. The normalized spacial score (nSPS) is 12.3. The van der Waals surface area contributed by atoms with Crippen molar-refractivity contribution in [3.63, 3.8) is 0 Å². The minimum absolute atomic E-state index is 0.345. The Hall–Kier alpha value is -0.590. The SMILES string of the molecule is CC.CC(C)N(C)CC(CC#N)N(C)C. The molecular weight excluding hydrogens is 186 g/mol. The Balaban J connectivity index is 0. The van der Waals surface area contributed by atoms with Crippen molar-refractivity contribution in [2.45, 2.75) is 46.2 Å². The molecule has 15 heavy (non-hydrogen) atoms. The molecule has 0 aliphatic heterocycles. The summed E-state index contributed by atoms with van der Waals surface area (Å²) in [6, 6.07) is 3.11. The van der Waals surface area contributed by atoms with Gasteiger partial charge in [-0.25, -0.2) is 0 Å². The van der Waals surface area contributed by atoms with Crippen LogP contribution in [0.4, 0.5) is 0 Å². The number of hydrogen-bond acceptors (Lipinski definition) is 3. The van der Waals surface area contributed by atoms with Gasteiger partial charge in [0.05, 0.1) is 12.5 Å². The molecule has 0 spiro atoms. The van der Waals surface area contributed by atoms with Gasteiger partial charge in [-0.15, -0.1) is 0 Å². The van der Waals surface area contributed by atoms with E-state index >= 15 is 0 Å². The monoisotopic (exact) mass is 213 g/mol. The Labute approximate surface area is 95.7 Å². The summed E-state index contributed by atoms with van der Waals surface area (Å²) < 4.78 is 0. The molecule has 0 rings (SSSR count). The van der Waals surface area contributed by atoms with E-state index in [2.05, 4.69) is 36.8 Å². The van der Waals surface area contributed by atoms with Crippen LogP contribution in [-0.4, -0.2) is 49.6 Å². The Kier molecular flexibility index (Phi) is 11.2. The third-order valence-electron chi connectivity index (χ3n) is 2.44. The average Bonchev–Trinajstić information content (AvgIpc) is 2.19. The summed E-state index contributed by atoms with van der Waals surface area (Å²) in [7, 11) is 6.14. The molecule has 3 heteroatoms. The standard InChI is InChI=1S/C10H21N3.C2H6/c1-9(2)13(5)8-10(6-7-11)12(3)4;1-2/h9-10H,6,8H2,1-5H3;1-2H3. The zero-order valence-electron chi connectivity index (χ0n) is 11.4. The maximum atomic E-state index is 8.64. The number of nitrogens with zero attached hydrogens (tertiary/aromatic N) is 3. The van der Waals surface area contributed by atoms with Crippen LogP contribution in [0.15, 0.2) is 0 Å². The maximum Gasteiger partial charge on any atom is 0.0638 e. The van der Waals surface area contributed by atoms with Gasteiger partial charge in [0.1, 0.15) is 0 Å². The van der Waals surface area contributed by atoms with Gasteiger partial charge in [-0.05, 0) is 35.0 Å². The number of rotatable bonds is 5. The molecule has 1 atom stereocenters. The van der Waals surface area contributed by atoms with E-state index in [1.54, 1.807) is 0 Å². The van der Waals surface area contributed by atoms with Crippen LogP contribution in [0.5, 0.6) is 0 Å². The van der Waals surface area contributed by atoms with Crippen LogP contribution < -0.4 is 0 Å². The first-order chi connectivity index (χ1) is 6.99. The van der Waals surface area contributed by atoms with Crippen LogP contribution in [0, 0.1) is 11.3 Å². The van der Waals surface area contributed by atoms with Crippen molar-refractivity contribution in [2.24, 2.45) is 0 Å².